The first-order valence-electron chi connectivity index (χ1n) is 8.28. The van der Waals surface area contributed by atoms with Gasteiger partial charge in [0, 0.05) is 6.20 Å². The van der Waals surface area contributed by atoms with Crippen molar-refractivity contribution >= 4 is 22.8 Å². The number of hydrogen-bond acceptors (Lipinski definition) is 4. The zero-order valence-electron chi connectivity index (χ0n) is 15.0. The molecule has 0 aliphatic rings. The van der Waals surface area contributed by atoms with Crippen molar-refractivity contribution in [3.63, 3.8) is 0 Å². The van der Waals surface area contributed by atoms with Crippen molar-refractivity contribution in [3.8, 4) is 5.75 Å². The Labute approximate surface area is 162 Å². The zero-order valence-corrected chi connectivity index (χ0v) is 15.8. The van der Waals surface area contributed by atoms with Crippen LogP contribution in [-0.2, 0) is 12.7 Å². The summed E-state index contributed by atoms with van der Waals surface area (Å²) in [7, 11) is 1.46. The SMILES string of the molecule is COc1ccc(Cn2c(=O)n([C@H](C)CO)c3ncc(C(F)(F)F)cc32)cc1Cl. The summed E-state index contributed by atoms with van der Waals surface area (Å²) in [5, 5.41) is 9.76. The summed E-state index contributed by atoms with van der Waals surface area (Å²) in [5.74, 6) is 0.440. The van der Waals surface area contributed by atoms with E-state index in [0.29, 0.717) is 22.5 Å². The minimum absolute atomic E-state index is 0.0204. The minimum Gasteiger partial charge on any atom is -0.495 e. The fraction of sp³-hybridized carbons (Fsp3) is 0.333. The Morgan fingerprint density at radius 1 is 1.32 bits per heavy atom. The highest BCUT2D eigenvalue weighted by Crippen LogP contribution is 2.31. The third-order valence-electron chi connectivity index (χ3n) is 4.39. The lowest BCUT2D eigenvalue weighted by Gasteiger charge is -2.09. The van der Waals surface area contributed by atoms with Crippen molar-refractivity contribution in [2.45, 2.75) is 25.7 Å². The lowest BCUT2D eigenvalue weighted by Crippen LogP contribution is -2.28. The third kappa shape index (κ3) is 3.59. The van der Waals surface area contributed by atoms with Crippen LogP contribution in [0.25, 0.3) is 11.2 Å². The van der Waals surface area contributed by atoms with Crippen LogP contribution in [0.2, 0.25) is 5.02 Å². The first kappa shape index (κ1) is 20.2. The van der Waals surface area contributed by atoms with Crippen molar-refractivity contribution in [2.24, 2.45) is 0 Å². The van der Waals surface area contributed by atoms with Crippen molar-refractivity contribution < 1.29 is 23.0 Å². The number of pyridine rings is 1. The molecule has 0 amide bonds. The molecule has 0 radical (unpaired) electrons. The first-order chi connectivity index (χ1) is 13.2. The summed E-state index contributed by atoms with van der Waals surface area (Å²) < 4.78 is 46.9. The number of hydrogen-bond donors (Lipinski definition) is 1. The van der Waals surface area contributed by atoms with E-state index in [9.17, 15) is 23.1 Å². The molecule has 10 heteroatoms. The third-order valence-corrected chi connectivity index (χ3v) is 4.69. The van der Waals surface area contributed by atoms with E-state index in [1.807, 2.05) is 0 Å². The molecule has 1 N–H and O–H groups in total. The van der Waals surface area contributed by atoms with E-state index >= 15 is 0 Å². The lowest BCUT2D eigenvalue weighted by molar-refractivity contribution is -0.137. The fourth-order valence-electron chi connectivity index (χ4n) is 2.93. The molecule has 3 aromatic rings. The molecule has 2 heterocycles. The number of aliphatic hydroxyl groups is 1. The number of methoxy groups -OCH3 is 1. The normalized spacial score (nSPS) is 13.1. The van der Waals surface area contributed by atoms with E-state index in [1.54, 1.807) is 25.1 Å². The minimum atomic E-state index is -4.60. The molecule has 1 aromatic carbocycles. The van der Waals surface area contributed by atoms with Crippen LogP contribution >= 0.6 is 11.6 Å². The number of alkyl halides is 3. The number of aliphatic hydroxyl groups excluding tert-OH is 1. The lowest BCUT2D eigenvalue weighted by atomic mass is 10.2. The van der Waals surface area contributed by atoms with E-state index in [1.165, 1.54) is 16.2 Å². The van der Waals surface area contributed by atoms with Gasteiger partial charge in [0.15, 0.2) is 5.65 Å². The van der Waals surface area contributed by atoms with Crippen LogP contribution in [-0.4, -0.2) is 32.9 Å². The van der Waals surface area contributed by atoms with E-state index in [0.717, 1.165) is 6.07 Å². The van der Waals surface area contributed by atoms with Crippen LogP contribution in [0.4, 0.5) is 13.2 Å². The van der Waals surface area contributed by atoms with Gasteiger partial charge in [-0.1, -0.05) is 17.7 Å². The second kappa shape index (κ2) is 7.48. The Morgan fingerprint density at radius 2 is 2.04 bits per heavy atom. The largest absolute Gasteiger partial charge is 0.495 e. The summed E-state index contributed by atoms with van der Waals surface area (Å²) in [6.07, 6.45) is -3.92. The summed E-state index contributed by atoms with van der Waals surface area (Å²) in [6, 6.07) is 5.08. The number of aromatic nitrogens is 3. The van der Waals surface area contributed by atoms with Gasteiger partial charge >= 0.3 is 11.9 Å². The van der Waals surface area contributed by atoms with Gasteiger partial charge < -0.3 is 9.84 Å². The predicted molar refractivity (Wildman–Crippen MR) is 97.9 cm³/mol. The summed E-state index contributed by atoms with van der Waals surface area (Å²) in [5.41, 5.74) is -0.849. The number of halogens is 4. The van der Waals surface area contributed by atoms with Gasteiger partial charge in [0.2, 0.25) is 0 Å². The molecule has 0 aliphatic heterocycles. The highest BCUT2D eigenvalue weighted by atomic mass is 35.5. The molecule has 0 saturated heterocycles. The van der Waals surface area contributed by atoms with Gasteiger partial charge in [-0.15, -0.1) is 0 Å². The van der Waals surface area contributed by atoms with Crippen LogP contribution in [0, 0.1) is 0 Å². The van der Waals surface area contributed by atoms with E-state index in [4.69, 9.17) is 16.3 Å². The molecule has 2 aromatic heterocycles. The van der Waals surface area contributed by atoms with Crippen LogP contribution in [0.15, 0.2) is 35.3 Å². The molecule has 0 spiro atoms. The maximum absolute atomic E-state index is 13.1. The summed E-state index contributed by atoms with van der Waals surface area (Å²) >= 11 is 6.11. The zero-order chi connectivity index (χ0) is 20.6. The van der Waals surface area contributed by atoms with Crippen molar-refractivity contribution in [2.75, 3.05) is 13.7 Å². The molecule has 3 rings (SSSR count). The number of ether oxygens (including phenoxy) is 1. The smallest absolute Gasteiger partial charge is 0.417 e. The molecule has 6 nitrogen and oxygen atoms in total. The number of rotatable bonds is 5. The highest BCUT2D eigenvalue weighted by molar-refractivity contribution is 6.32. The van der Waals surface area contributed by atoms with Crippen LogP contribution in [0.1, 0.15) is 24.1 Å². The first-order valence-corrected chi connectivity index (χ1v) is 8.66. The monoisotopic (exact) mass is 415 g/mol. The Morgan fingerprint density at radius 3 is 2.61 bits per heavy atom. The average Bonchev–Trinajstić information content (AvgIpc) is 2.92. The van der Waals surface area contributed by atoms with Crippen LogP contribution in [0.3, 0.4) is 0 Å². The van der Waals surface area contributed by atoms with Crippen molar-refractivity contribution in [1.82, 2.24) is 14.1 Å². The van der Waals surface area contributed by atoms with Crippen molar-refractivity contribution in [3.05, 3.63) is 57.1 Å². The Kier molecular flexibility index (Phi) is 5.40. The molecule has 0 saturated carbocycles. The quantitative estimate of drug-likeness (QED) is 0.692. The number of imidazole rings is 1. The average molecular weight is 416 g/mol. The van der Waals surface area contributed by atoms with E-state index in [2.05, 4.69) is 4.98 Å². The number of benzene rings is 1. The fourth-order valence-corrected chi connectivity index (χ4v) is 3.21. The van der Waals surface area contributed by atoms with E-state index in [-0.39, 0.29) is 24.3 Å². The van der Waals surface area contributed by atoms with Gasteiger partial charge in [-0.3, -0.25) is 9.13 Å². The maximum atomic E-state index is 13.1. The highest BCUT2D eigenvalue weighted by Gasteiger charge is 2.32. The van der Waals surface area contributed by atoms with Crippen LogP contribution < -0.4 is 10.4 Å². The Hall–Kier alpha value is -2.52. The molecule has 0 aliphatic carbocycles. The molecule has 0 bridgehead atoms. The topological polar surface area (TPSA) is 69.3 Å². The summed E-state index contributed by atoms with van der Waals surface area (Å²) in [6.45, 7) is 1.19. The Bertz CT molecular complexity index is 1080. The predicted octanol–water partition coefficient (Wildman–Crippen LogP) is 3.48. The molecule has 28 heavy (non-hydrogen) atoms. The second-order valence-corrected chi connectivity index (χ2v) is 6.71. The van der Waals surface area contributed by atoms with Crippen molar-refractivity contribution in [1.29, 1.82) is 0 Å². The standard InChI is InChI=1S/C18H17ClF3N3O3/c1-10(9-26)25-16-14(6-12(7-23-16)18(20,21)22)24(17(25)27)8-11-3-4-15(28-2)13(19)5-11/h3-7,10,26H,8-9H2,1-2H3/t10-/m1/s1. The molecular weight excluding hydrogens is 399 g/mol. The van der Waals surface area contributed by atoms with Gasteiger partial charge in [-0.05, 0) is 30.7 Å². The molecule has 0 unspecified atom stereocenters. The molecular formula is C18H17ClF3N3O3. The van der Waals surface area contributed by atoms with Gasteiger partial charge in [0.1, 0.15) is 5.75 Å². The van der Waals surface area contributed by atoms with Crippen LogP contribution in [0.5, 0.6) is 5.75 Å². The summed E-state index contributed by atoms with van der Waals surface area (Å²) in [4.78, 5) is 16.7. The molecule has 150 valence electrons. The molecule has 1 atom stereocenters. The van der Waals surface area contributed by atoms with Gasteiger partial charge in [-0.25, -0.2) is 9.78 Å². The maximum Gasteiger partial charge on any atom is 0.417 e. The van der Waals surface area contributed by atoms with Gasteiger partial charge in [0.05, 0.1) is 42.4 Å². The van der Waals surface area contributed by atoms with Gasteiger partial charge in [0.25, 0.3) is 0 Å². The Balaban J connectivity index is 2.20. The second-order valence-electron chi connectivity index (χ2n) is 6.30. The number of fused-ring (bicyclic) bond motifs is 1. The number of nitrogens with zero attached hydrogens (tertiary/aromatic N) is 3. The molecule has 0 fully saturated rings. The van der Waals surface area contributed by atoms with E-state index < -0.39 is 23.5 Å². The van der Waals surface area contributed by atoms with Gasteiger partial charge in [-0.2, -0.15) is 13.2 Å².